The molecule has 2 unspecified atom stereocenters. The smallest absolute Gasteiger partial charge is 0.224 e. The van der Waals surface area contributed by atoms with E-state index in [-0.39, 0.29) is 0 Å². The fourth-order valence-electron chi connectivity index (χ4n) is 2.44. The Kier molecular flexibility index (Phi) is 4.21. The number of aromatic nitrogens is 2. The molecule has 0 aromatic carbocycles. The minimum Gasteiger partial charge on any atom is -0.367 e. The summed E-state index contributed by atoms with van der Waals surface area (Å²) in [6.45, 7) is 4.38. The molecule has 0 spiro atoms. The molecule has 0 amide bonds. The van der Waals surface area contributed by atoms with Gasteiger partial charge in [0.25, 0.3) is 0 Å². The van der Waals surface area contributed by atoms with E-state index in [2.05, 4.69) is 29.1 Å². The van der Waals surface area contributed by atoms with Crippen LogP contribution in [0.15, 0.2) is 6.07 Å². The van der Waals surface area contributed by atoms with Gasteiger partial charge in [0, 0.05) is 17.8 Å². The van der Waals surface area contributed by atoms with Gasteiger partial charge in [-0.1, -0.05) is 26.7 Å². The van der Waals surface area contributed by atoms with Crippen molar-refractivity contribution in [1.29, 1.82) is 0 Å². The first-order valence-electron chi connectivity index (χ1n) is 6.49. The summed E-state index contributed by atoms with van der Waals surface area (Å²) >= 11 is 5.92. The van der Waals surface area contributed by atoms with Gasteiger partial charge in [0.2, 0.25) is 5.28 Å². The molecular formula is C13H20ClN3. The van der Waals surface area contributed by atoms with Crippen LogP contribution in [0.4, 0.5) is 5.82 Å². The van der Waals surface area contributed by atoms with E-state index >= 15 is 0 Å². The van der Waals surface area contributed by atoms with Crippen LogP contribution in [0, 0.1) is 5.92 Å². The molecule has 2 atom stereocenters. The first-order valence-corrected chi connectivity index (χ1v) is 6.87. The van der Waals surface area contributed by atoms with E-state index in [0.29, 0.717) is 17.2 Å². The van der Waals surface area contributed by atoms with Crippen molar-refractivity contribution in [3.63, 3.8) is 0 Å². The van der Waals surface area contributed by atoms with Gasteiger partial charge in [-0.2, -0.15) is 0 Å². The van der Waals surface area contributed by atoms with Gasteiger partial charge in [0.15, 0.2) is 0 Å². The summed E-state index contributed by atoms with van der Waals surface area (Å²) in [5.74, 6) is 1.59. The van der Waals surface area contributed by atoms with Crippen molar-refractivity contribution in [3.8, 4) is 0 Å². The maximum absolute atomic E-state index is 5.92. The molecule has 1 saturated carbocycles. The van der Waals surface area contributed by atoms with Crippen molar-refractivity contribution in [2.24, 2.45) is 5.92 Å². The van der Waals surface area contributed by atoms with Crippen LogP contribution in [0.3, 0.4) is 0 Å². The average molecular weight is 254 g/mol. The predicted octanol–water partition coefficient (Wildman–Crippen LogP) is 3.68. The van der Waals surface area contributed by atoms with Gasteiger partial charge in [-0.15, -0.1) is 0 Å². The van der Waals surface area contributed by atoms with Gasteiger partial charge < -0.3 is 5.32 Å². The van der Waals surface area contributed by atoms with Crippen LogP contribution in [0.2, 0.25) is 5.28 Å². The van der Waals surface area contributed by atoms with E-state index in [1.54, 1.807) is 0 Å². The standard InChI is InChI=1S/C13H20ClN3/c1-3-10-8-12(17-13(14)15-10)16-11-7-5-4-6-9(11)2/h8-9,11H,3-7H2,1-2H3,(H,15,16,17). The van der Waals surface area contributed by atoms with Gasteiger partial charge in [0.05, 0.1) is 0 Å². The Morgan fingerprint density at radius 2 is 2.12 bits per heavy atom. The minimum absolute atomic E-state index is 0.343. The largest absolute Gasteiger partial charge is 0.367 e. The van der Waals surface area contributed by atoms with E-state index in [9.17, 15) is 0 Å². The lowest BCUT2D eigenvalue weighted by atomic mass is 9.86. The second kappa shape index (κ2) is 5.67. The van der Waals surface area contributed by atoms with Crippen molar-refractivity contribution in [3.05, 3.63) is 17.0 Å². The van der Waals surface area contributed by atoms with Crippen LogP contribution in [0.1, 0.15) is 45.2 Å². The first-order chi connectivity index (χ1) is 8.19. The molecule has 17 heavy (non-hydrogen) atoms. The van der Waals surface area contributed by atoms with Gasteiger partial charge in [-0.25, -0.2) is 9.97 Å². The number of nitrogens with zero attached hydrogens (tertiary/aromatic N) is 2. The molecule has 1 aliphatic rings. The predicted molar refractivity (Wildman–Crippen MR) is 71.5 cm³/mol. The Hall–Kier alpha value is -0.830. The third kappa shape index (κ3) is 3.32. The van der Waals surface area contributed by atoms with Crippen molar-refractivity contribution < 1.29 is 0 Å². The van der Waals surface area contributed by atoms with Gasteiger partial charge >= 0.3 is 0 Å². The quantitative estimate of drug-likeness (QED) is 0.835. The summed E-state index contributed by atoms with van der Waals surface area (Å²) in [6.07, 6.45) is 6.07. The molecular weight excluding hydrogens is 234 g/mol. The summed E-state index contributed by atoms with van der Waals surface area (Å²) in [5, 5.41) is 3.85. The number of rotatable bonds is 3. The summed E-state index contributed by atoms with van der Waals surface area (Å²) in [5.41, 5.74) is 0.996. The molecule has 1 N–H and O–H groups in total. The Morgan fingerprint density at radius 1 is 1.35 bits per heavy atom. The molecule has 1 fully saturated rings. The van der Waals surface area contributed by atoms with Crippen molar-refractivity contribution in [2.75, 3.05) is 5.32 Å². The van der Waals surface area contributed by atoms with E-state index < -0.39 is 0 Å². The lowest BCUT2D eigenvalue weighted by Crippen LogP contribution is -2.30. The SMILES string of the molecule is CCc1cc(NC2CCCCC2C)nc(Cl)n1. The molecule has 1 aromatic heterocycles. The van der Waals surface area contributed by atoms with Crippen molar-refractivity contribution >= 4 is 17.4 Å². The van der Waals surface area contributed by atoms with E-state index in [4.69, 9.17) is 11.6 Å². The molecule has 2 rings (SSSR count). The maximum atomic E-state index is 5.92. The Bertz CT molecular complexity index is 381. The summed E-state index contributed by atoms with van der Waals surface area (Å²) in [7, 11) is 0. The monoisotopic (exact) mass is 253 g/mol. The lowest BCUT2D eigenvalue weighted by Gasteiger charge is -2.30. The minimum atomic E-state index is 0.343. The highest BCUT2D eigenvalue weighted by Crippen LogP contribution is 2.26. The van der Waals surface area contributed by atoms with Crippen LogP contribution in [0.5, 0.6) is 0 Å². The van der Waals surface area contributed by atoms with Crippen molar-refractivity contribution in [2.45, 2.75) is 52.0 Å². The number of halogens is 1. The molecule has 1 aromatic rings. The molecule has 3 nitrogen and oxygen atoms in total. The molecule has 0 bridgehead atoms. The van der Waals surface area contributed by atoms with Gasteiger partial charge in [-0.3, -0.25) is 0 Å². The second-order valence-corrected chi connectivity index (χ2v) is 5.22. The number of hydrogen-bond donors (Lipinski definition) is 1. The molecule has 94 valence electrons. The maximum Gasteiger partial charge on any atom is 0.224 e. The van der Waals surface area contributed by atoms with Gasteiger partial charge in [-0.05, 0) is 36.8 Å². The van der Waals surface area contributed by atoms with E-state index in [1.165, 1.54) is 25.7 Å². The Balaban J connectivity index is 2.09. The molecule has 1 aliphatic carbocycles. The van der Waals surface area contributed by atoms with Crippen LogP contribution >= 0.6 is 11.6 Å². The molecule has 0 saturated heterocycles. The molecule has 0 aliphatic heterocycles. The number of aryl methyl sites for hydroxylation is 1. The highest BCUT2D eigenvalue weighted by molar-refractivity contribution is 6.28. The van der Waals surface area contributed by atoms with Crippen LogP contribution in [-0.4, -0.2) is 16.0 Å². The molecule has 1 heterocycles. The van der Waals surface area contributed by atoms with Gasteiger partial charge in [0.1, 0.15) is 5.82 Å². The normalized spacial score (nSPS) is 24.6. The number of hydrogen-bond acceptors (Lipinski definition) is 3. The van der Waals surface area contributed by atoms with Crippen molar-refractivity contribution in [1.82, 2.24) is 9.97 Å². The summed E-state index contributed by atoms with van der Waals surface area (Å²) < 4.78 is 0. The Labute approximate surface area is 108 Å². The third-order valence-electron chi connectivity index (χ3n) is 3.56. The van der Waals surface area contributed by atoms with E-state index in [1.807, 2.05) is 6.07 Å². The molecule has 0 radical (unpaired) electrons. The highest BCUT2D eigenvalue weighted by Gasteiger charge is 2.21. The van der Waals surface area contributed by atoms with Crippen LogP contribution < -0.4 is 5.32 Å². The third-order valence-corrected chi connectivity index (χ3v) is 3.73. The zero-order valence-electron chi connectivity index (χ0n) is 10.5. The second-order valence-electron chi connectivity index (χ2n) is 4.88. The lowest BCUT2D eigenvalue weighted by molar-refractivity contribution is 0.349. The number of anilines is 1. The molecule has 4 heteroatoms. The fraction of sp³-hybridized carbons (Fsp3) is 0.692. The summed E-state index contributed by atoms with van der Waals surface area (Å²) in [6, 6.07) is 2.53. The summed E-state index contributed by atoms with van der Waals surface area (Å²) in [4.78, 5) is 8.43. The Morgan fingerprint density at radius 3 is 2.82 bits per heavy atom. The fourth-order valence-corrected chi connectivity index (χ4v) is 2.64. The van der Waals surface area contributed by atoms with E-state index in [0.717, 1.165) is 17.9 Å². The van der Waals surface area contributed by atoms with Crippen LogP contribution in [-0.2, 0) is 6.42 Å². The van der Waals surface area contributed by atoms with Crippen LogP contribution in [0.25, 0.3) is 0 Å². The average Bonchev–Trinajstić information content (AvgIpc) is 2.31. The number of nitrogens with one attached hydrogen (secondary N) is 1. The zero-order valence-corrected chi connectivity index (χ0v) is 11.3. The first kappa shape index (κ1) is 12.6. The topological polar surface area (TPSA) is 37.8 Å². The zero-order chi connectivity index (χ0) is 12.3. The highest BCUT2D eigenvalue weighted by atomic mass is 35.5.